The van der Waals surface area contributed by atoms with Crippen LogP contribution >= 0.6 is 0 Å². The molecule has 1 aromatic carbocycles. The maximum absolute atomic E-state index is 13.9. The van der Waals surface area contributed by atoms with Crippen LogP contribution in [0.4, 0.5) is 10.1 Å². The lowest BCUT2D eigenvalue weighted by atomic mass is 10.2. The Balaban J connectivity index is 2.19. The Labute approximate surface area is 127 Å². The molecule has 0 unspecified atom stereocenters. The molecule has 0 saturated heterocycles. The van der Waals surface area contributed by atoms with E-state index >= 15 is 0 Å². The first kappa shape index (κ1) is 16.2. The first-order valence-electron chi connectivity index (χ1n) is 6.44. The largest absolute Gasteiger partial charge is 0.321 e. The van der Waals surface area contributed by atoms with Gasteiger partial charge in [-0.1, -0.05) is 6.07 Å². The fourth-order valence-electron chi connectivity index (χ4n) is 2.04. The highest BCUT2D eigenvalue weighted by Gasteiger charge is 2.14. The number of hydrogen-bond acceptors (Lipinski definition) is 4. The van der Waals surface area contributed by atoms with Crippen molar-refractivity contribution in [3.8, 4) is 0 Å². The van der Waals surface area contributed by atoms with Crippen molar-refractivity contribution in [2.75, 3.05) is 11.6 Å². The van der Waals surface area contributed by atoms with E-state index in [1.54, 1.807) is 20.0 Å². The van der Waals surface area contributed by atoms with Crippen LogP contribution in [0.1, 0.15) is 21.7 Å². The van der Waals surface area contributed by atoms with Gasteiger partial charge in [0, 0.05) is 24.6 Å². The van der Waals surface area contributed by atoms with Gasteiger partial charge in [0.05, 0.1) is 11.4 Å². The number of carbonyl (C=O) groups excluding carboxylic acids is 1. The van der Waals surface area contributed by atoms with E-state index < -0.39 is 21.6 Å². The van der Waals surface area contributed by atoms with Crippen molar-refractivity contribution in [3.63, 3.8) is 0 Å². The summed E-state index contributed by atoms with van der Waals surface area (Å²) in [6.45, 7) is 1.76. The number of aromatic nitrogens is 2. The second-order valence-corrected chi connectivity index (χ2v) is 7.27. The normalized spacial score (nSPS) is 11.5. The molecule has 1 aromatic heterocycles. The van der Waals surface area contributed by atoms with Gasteiger partial charge in [0.25, 0.3) is 5.91 Å². The summed E-state index contributed by atoms with van der Waals surface area (Å²) in [4.78, 5) is 12.1. The Morgan fingerprint density at radius 3 is 2.55 bits per heavy atom. The van der Waals surface area contributed by atoms with E-state index in [1.807, 2.05) is 0 Å². The number of amides is 1. The number of aryl methyl sites for hydroxylation is 2. The predicted molar refractivity (Wildman–Crippen MR) is 80.8 cm³/mol. The van der Waals surface area contributed by atoms with E-state index in [9.17, 15) is 17.6 Å². The zero-order valence-electron chi connectivity index (χ0n) is 12.4. The van der Waals surface area contributed by atoms with Gasteiger partial charge < -0.3 is 5.32 Å². The molecule has 0 aliphatic heterocycles. The molecule has 2 aromatic rings. The van der Waals surface area contributed by atoms with Gasteiger partial charge in [0.2, 0.25) is 0 Å². The van der Waals surface area contributed by atoms with Gasteiger partial charge >= 0.3 is 0 Å². The summed E-state index contributed by atoms with van der Waals surface area (Å²) >= 11 is 0. The lowest BCUT2D eigenvalue weighted by Crippen LogP contribution is -2.16. The van der Waals surface area contributed by atoms with E-state index in [1.165, 1.54) is 16.8 Å². The summed E-state index contributed by atoms with van der Waals surface area (Å²) in [5.41, 5.74) is 1.36. The van der Waals surface area contributed by atoms with Crippen LogP contribution in [-0.2, 0) is 22.6 Å². The zero-order valence-corrected chi connectivity index (χ0v) is 13.2. The number of carbonyl (C=O) groups is 1. The molecule has 0 bridgehead atoms. The highest BCUT2D eigenvalue weighted by molar-refractivity contribution is 7.89. The minimum absolute atomic E-state index is 0.0666. The van der Waals surface area contributed by atoms with Crippen molar-refractivity contribution < 1.29 is 17.6 Å². The number of anilines is 1. The number of nitrogens with zero attached hydrogens (tertiary/aromatic N) is 2. The number of hydrogen-bond donors (Lipinski definition) is 1. The van der Waals surface area contributed by atoms with E-state index in [4.69, 9.17) is 0 Å². The van der Waals surface area contributed by atoms with E-state index in [-0.39, 0.29) is 17.0 Å². The maximum Gasteiger partial charge on any atom is 0.273 e. The van der Waals surface area contributed by atoms with Gasteiger partial charge in [-0.2, -0.15) is 5.10 Å². The Morgan fingerprint density at radius 1 is 1.36 bits per heavy atom. The predicted octanol–water partition coefficient (Wildman–Crippen LogP) is 1.66. The summed E-state index contributed by atoms with van der Waals surface area (Å²) < 4.78 is 37.7. The molecule has 118 valence electrons. The van der Waals surface area contributed by atoms with Crippen molar-refractivity contribution in [2.24, 2.45) is 7.05 Å². The molecule has 0 atom stereocenters. The molecular weight excluding hydrogens is 309 g/mol. The summed E-state index contributed by atoms with van der Waals surface area (Å²) in [6.07, 6.45) is 1.03. The molecule has 1 N–H and O–H groups in total. The fraction of sp³-hybridized carbons (Fsp3) is 0.286. The highest BCUT2D eigenvalue weighted by Crippen LogP contribution is 2.17. The van der Waals surface area contributed by atoms with Crippen LogP contribution in [0.5, 0.6) is 0 Å². The standard InChI is InChI=1S/C14H16FN3O3S/c1-9-6-13(18(2)17-9)14(19)16-11-5-4-10(12(15)7-11)8-22(3,20)21/h4-7H,8H2,1-3H3,(H,16,19). The van der Waals surface area contributed by atoms with Crippen LogP contribution in [-0.4, -0.2) is 30.4 Å². The Kier molecular flexibility index (Phi) is 4.32. The van der Waals surface area contributed by atoms with Gasteiger partial charge in [0.15, 0.2) is 9.84 Å². The number of benzene rings is 1. The number of halogens is 1. The molecule has 0 fully saturated rings. The summed E-state index contributed by atoms with van der Waals surface area (Å²) in [7, 11) is -1.68. The fourth-order valence-corrected chi connectivity index (χ4v) is 2.84. The minimum Gasteiger partial charge on any atom is -0.321 e. The highest BCUT2D eigenvalue weighted by atomic mass is 32.2. The smallest absolute Gasteiger partial charge is 0.273 e. The first-order valence-corrected chi connectivity index (χ1v) is 8.50. The van der Waals surface area contributed by atoms with Crippen molar-refractivity contribution in [1.82, 2.24) is 9.78 Å². The zero-order chi connectivity index (χ0) is 16.5. The number of nitrogens with one attached hydrogen (secondary N) is 1. The third kappa shape index (κ3) is 3.91. The quantitative estimate of drug-likeness (QED) is 0.927. The SMILES string of the molecule is Cc1cc(C(=O)Nc2ccc(CS(C)(=O)=O)c(F)c2)n(C)n1. The van der Waals surface area contributed by atoms with Gasteiger partial charge in [-0.3, -0.25) is 9.48 Å². The Hall–Kier alpha value is -2.22. The summed E-state index contributed by atoms with van der Waals surface area (Å²) in [5.74, 6) is -1.48. The maximum atomic E-state index is 13.9. The average molecular weight is 325 g/mol. The van der Waals surface area contributed by atoms with Crippen LogP contribution in [0.3, 0.4) is 0 Å². The molecule has 1 heterocycles. The molecule has 22 heavy (non-hydrogen) atoms. The molecule has 0 aliphatic carbocycles. The van der Waals surface area contributed by atoms with E-state index in [0.717, 1.165) is 12.3 Å². The van der Waals surface area contributed by atoms with E-state index in [2.05, 4.69) is 10.4 Å². The van der Waals surface area contributed by atoms with Crippen LogP contribution < -0.4 is 5.32 Å². The van der Waals surface area contributed by atoms with Crippen LogP contribution in [0, 0.1) is 12.7 Å². The second kappa shape index (κ2) is 5.88. The average Bonchev–Trinajstić information content (AvgIpc) is 2.70. The third-order valence-corrected chi connectivity index (χ3v) is 3.80. The van der Waals surface area contributed by atoms with E-state index in [0.29, 0.717) is 11.4 Å². The number of rotatable bonds is 4. The minimum atomic E-state index is -3.32. The van der Waals surface area contributed by atoms with Crippen molar-refractivity contribution >= 4 is 21.4 Å². The number of sulfone groups is 1. The topological polar surface area (TPSA) is 81.1 Å². The third-order valence-electron chi connectivity index (χ3n) is 2.96. The molecule has 1 amide bonds. The second-order valence-electron chi connectivity index (χ2n) is 5.12. The Morgan fingerprint density at radius 2 is 2.05 bits per heavy atom. The van der Waals surface area contributed by atoms with Crippen molar-refractivity contribution in [1.29, 1.82) is 0 Å². The first-order chi connectivity index (χ1) is 10.2. The lowest BCUT2D eigenvalue weighted by Gasteiger charge is -2.08. The molecule has 6 nitrogen and oxygen atoms in total. The Bertz CT molecular complexity index is 828. The molecule has 8 heteroatoms. The molecule has 0 aliphatic rings. The van der Waals surface area contributed by atoms with Crippen LogP contribution in [0.25, 0.3) is 0 Å². The van der Waals surface area contributed by atoms with Gasteiger partial charge in [-0.25, -0.2) is 12.8 Å². The van der Waals surface area contributed by atoms with Gasteiger partial charge in [-0.15, -0.1) is 0 Å². The van der Waals surface area contributed by atoms with Crippen LogP contribution in [0.2, 0.25) is 0 Å². The molecule has 0 radical (unpaired) electrons. The monoisotopic (exact) mass is 325 g/mol. The van der Waals surface area contributed by atoms with Gasteiger partial charge in [-0.05, 0) is 25.1 Å². The molecule has 2 rings (SSSR count). The lowest BCUT2D eigenvalue weighted by molar-refractivity contribution is 0.101. The molecular formula is C14H16FN3O3S. The summed E-state index contributed by atoms with van der Waals surface area (Å²) in [6, 6.07) is 5.52. The summed E-state index contributed by atoms with van der Waals surface area (Å²) in [5, 5.41) is 6.61. The van der Waals surface area contributed by atoms with Crippen molar-refractivity contribution in [3.05, 3.63) is 47.0 Å². The van der Waals surface area contributed by atoms with Gasteiger partial charge in [0.1, 0.15) is 11.5 Å². The molecule has 0 saturated carbocycles. The van der Waals surface area contributed by atoms with Crippen LogP contribution in [0.15, 0.2) is 24.3 Å². The van der Waals surface area contributed by atoms with Crippen molar-refractivity contribution in [2.45, 2.75) is 12.7 Å². The molecule has 0 spiro atoms.